The van der Waals surface area contributed by atoms with Gasteiger partial charge in [-0.1, -0.05) is 11.6 Å². The molecule has 6 nitrogen and oxygen atoms in total. The third-order valence-corrected chi connectivity index (χ3v) is 4.48. The van der Waals surface area contributed by atoms with Crippen LogP contribution in [-0.2, 0) is 0 Å². The molecule has 27 heavy (non-hydrogen) atoms. The summed E-state index contributed by atoms with van der Waals surface area (Å²) in [6.07, 6.45) is 1.43. The summed E-state index contributed by atoms with van der Waals surface area (Å²) in [7, 11) is 3.10. The number of aromatic nitrogens is 2. The molecule has 0 saturated heterocycles. The number of benzene rings is 2. The second-order valence-corrected chi connectivity index (χ2v) is 6.23. The lowest BCUT2D eigenvalue weighted by Crippen LogP contribution is -2.18. The van der Waals surface area contributed by atoms with E-state index < -0.39 is 0 Å². The molecule has 0 atom stereocenters. The second-order valence-electron chi connectivity index (χ2n) is 5.80. The summed E-state index contributed by atoms with van der Waals surface area (Å²) < 4.78 is 17.7. The van der Waals surface area contributed by atoms with Crippen LogP contribution in [-0.4, -0.2) is 23.8 Å². The van der Waals surface area contributed by atoms with Crippen LogP contribution in [0.3, 0.4) is 0 Å². The number of ether oxygens (including phenoxy) is 2. The second kappa shape index (κ2) is 6.81. The number of nitrogens with zero attached hydrogens (tertiary/aromatic N) is 2. The fourth-order valence-corrected chi connectivity index (χ4v) is 2.96. The van der Waals surface area contributed by atoms with Crippen LogP contribution in [0.15, 0.2) is 64.1 Å². The minimum atomic E-state index is -0.240. The molecule has 136 valence electrons. The highest BCUT2D eigenvalue weighted by atomic mass is 35.5. The van der Waals surface area contributed by atoms with E-state index >= 15 is 0 Å². The summed E-state index contributed by atoms with van der Waals surface area (Å²) in [5.41, 5.74) is 1.47. The number of hydrogen-bond acceptors (Lipinski definition) is 5. The van der Waals surface area contributed by atoms with Gasteiger partial charge in [-0.15, -0.1) is 0 Å². The molecule has 0 unspecified atom stereocenters. The van der Waals surface area contributed by atoms with E-state index in [2.05, 4.69) is 4.98 Å². The molecule has 7 heteroatoms. The van der Waals surface area contributed by atoms with Crippen molar-refractivity contribution in [3.63, 3.8) is 0 Å². The zero-order valence-corrected chi connectivity index (χ0v) is 15.4. The van der Waals surface area contributed by atoms with Crippen LogP contribution in [0.1, 0.15) is 0 Å². The van der Waals surface area contributed by atoms with Crippen molar-refractivity contribution in [2.75, 3.05) is 14.2 Å². The first kappa shape index (κ1) is 17.2. The molecule has 2 aromatic heterocycles. The summed E-state index contributed by atoms with van der Waals surface area (Å²) in [5.74, 6) is 1.66. The van der Waals surface area contributed by atoms with Crippen LogP contribution < -0.4 is 15.0 Å². The molecule has 2 heterocycles. The van der Waals surface area contributed by atoms with Gasteiger partial charge in [-0.05, 0) is 42.5 Å². The number of methoxy groups -OCH3 is 2. The van der Waals surface area contributed by atoms with E-state index in [-0.39, 0.29) is 11.3 Å². The minimum Gasteiger partial charge on any atom is -0.493 e. The van der Waals surface area contributed by atoms with E-state index in [1.807, 2.05) is 12.1 Å². The van der Waals surface area contributed by atoms with Crippen LogP contribution in [0.25, 0.3) is 28.1 Å². The monoisotopic (exact) mass is 382 g/mol. The number of fused-ring (bicyclic) bond motifs is 1. The van der Waals surface area contributed by atoms with Crippen molar-refractivity contribution >= 4 is 22.7 Å². The smallest absolute Gasteiger partial charge is 0.269 e. The quantitative estimate of drug-likeness (QED) is 0.526. The van der Waals surface area contributed by atoms with Gasteiger partial charge in [0, 0.05) is 16.7 Å². The Bertz CT molecular complexity index is 1180. The maximum atomic E-state index is 13.0. The zero-order valence-electron chi connectivity index (χ0n) is 14.6. The number of hydrogen-bond donors (Lipinski definition) is 0. The van der Waals surface area contributed by atoms with E-state index in [0.717, 1.165) is 5.56 Å². The number of furan rings is 1. The molecule has 0 spiro atoms. The highest BCUT2D eigenvalue weighted by Gasteiger charge is 2.14. The van der Waals surface area contributed by atoms with E-state index in [0.29, 0.717) is 33.4 Å². The van der Waals surface area contributed by atoms with Gasteiger partial charge in [0.05, 0.1) is 19.9 Å². The Kier molecular flexibility index (Phi) is 4.33. The van der Waals surface area contributed by atoms with Crippen LogP contribution in [0.2, 0.25) is 5.02 Å². The normalized spacial score (nSPS) is 10.9. The first-order chi connectivity index (χ1) is 13.1. The Hall–Kier alpha value is -3.25. The molecule has 0 saturated carbocycles. The number of rotatable bonds is 4. The molecule has 0 aliphatic heterocycles. The largest absolute Gasteiger partial charge is 0.493 e. The Labute approximate surface area is 159 Å². The third-order valence-electron chi connectivity index (χ3n) is 4.23. The van der Waals surface area contributed by atoms with E-state index in [9.17, 15) is 4.79 Å². The fourth-order valence-electron chi connectivity index (χ4n) is 2.84. The van der Waals surface area contributed by atoms with Crippen molar-refractivity contribution < 1.29 is 13.9 Å². The van der Waals surface area contributed by atoms with Crippen molar-refractivity contribution in [1.82, 2.24) is 9.55 Å². The molecule has 0 radical (unpaired) electrons. The Balaban J connectivity index is 1.83. The van der Waals surface area contributed by atoms with Crippen molar-refractivity contribution in [1.29, 1.82) is 0 Å². The van der Waals surface area contributed by atoms with E-state index in [1.165, 1.54) is 10.9 Å². The van der Waals surface area contributed by atoms with Crippen molar-refractivity contribution in [2.24, 2.45) is 0 Å². The molecule has 0 aliphatic rings. The molecule has 0 aliphatic carbocycles. The van der Waals surface area contributed by atoms with Gasteiger partial charge in [0.15, 0.2) is 11.5 Å². The molecular weight excluding hydrogens is 368 g/mol. The molecule has 0 N–H and O–H groups in total. The first-order valence-electron chi connectivity index (χ1n) is 8.10. The third kappa shape index (κ3) is 3.04. The molecular formula is C20H15ClN2O4. The van der Waals surface area contributed by atoms with Crippen LogP contribution in [0.5, 0.6) is 11.5 Å². The predicted octanol–water partition coefficient (Wildman–Crippen LogP) is 4.32. The predicted molar refractivity (Wildman–Crippen MR) is 103 cm³/mol. The average Bonchev–Trinajstić information content (AvgIpc) is 3.13. The van der Waals surface area contributed by atoms with Crippen LogP contribution >= 0.6 is 11.6 Å². The van der Waals surface area contributed by atoms with Crippen molar-refractivity contribution in [2.45, 2.75) is 0 Å². The SMILES string of the molecule is COc1ccc(-n2cnc3oc(-c4ccc(Cl)cc4)cc3c2=O)cc1OC. The summed E-state index contributed by atoms with van der Waals surface area (Å²) in [4.78, 5) is 17.2. The lowest BCUT2D eigenvalue weighted by atomic mass is 10.2. The Morgan fingerprint density at radius 3 is 2.44 bits per heavy atom. The first-order valence-corrected chi connectivity index (χ1v) is 8.48. The topological polar surface area (TPSA) is 66.5 Å². The summed E-state index contributed by atoms with van der Waals surface area (Å²) in [5, 5.41) is 1.01. The lowest BCUT2D eigenvalue weighted by Gasteiger charge is -2.10. The van der Waals surface area contributed by atoms with Crippen LogP contribution in [0, 0.1) is 0 Å². The van der Waals surface area contributed by atoms with Crippen molar-refractivity contribution in [3.8, 4) is 28.5 Å². The lowest BCUT2D eigenvalue weighted by molar-refractivity contribution is 0.355. The van der Waals surface area contributed by atoms with Gasteiger partial charge < -0.3 is 13.9 Å². The van der Waals surface area contributed by atoms with Gasteiger partial charge in [-0.25, -0.2) is 4.98 Å². The van der Waals surface area contributed by atoms with Crippen LogP contribution in [0.4, 0.5) is 0 Å². The Morgan fingerprint density at radius 1 is 1.00 bits per heavy atom. The van der Waals surface area contributed by atoms with Gasteiger partial charge in [0.1, 0.15) is 17.5 Å². The van der Waals surface area contributed by atoms with Gasteiger partial charge in [-0.2, -0.15) is 0 Å². The standard InChI is InChI=1S/C20H15ClN2O4/c1-25-16-8-7-14(9-18(16)26-2)23-11-22-19-15(20(23)24)10-17(27-19)12-3-5-13(21)6-4-12/h3-11H,1-2H3. The minimum absolute atomic E-state index is 0.240. The van der Waals surface area contributed by atoms with Gasteiger partial charge in [-0.3, -0.25) is 9.36 Å². The summed E-state index contributed by atoms with van der Waals surface area (Å²) >= 11 is 5.92. The molecule has 0 bridgehead atoms. The molecule has 0 amide bonds. The number of halogens is 1. The summed E-state index contributed by atoms with van der Waals surface area (Å²) in [6.45, 7) is 0. The highest BCUT2D eigenvalue weighted by Crippen LogP contribution is 2.29. The molecule has 0 fully saturated rings. The average molecular weight is 383 g/mol. The van der Waals surface area contributed by atoms with Crippen molar-refractivity contribution in [3.05, 3.63) is 70.2 Å². The maximum Gasteiger partial charge on any atom is 0.269 e. The Morgan fingerprint density at radius 2 is 1.74 bits per heavy atom. The van der Waals surface area contributed by atoms with Gasteiger partial charge in [0.25, 0.3) is 5.56 Å². The molecule has 4 aromatic rings. The van der Waals surface area contributed by atoms with E-state index in [4.69, 9.17) is 25.5 Å². The fraction of sp³-hybridized carbons (Fsp3) is 0.100. The van der Waals surface area contributed by atoms with Gasteiger partial charge in [0.2, 0.25) is 5.71 Å². The summed E-state index contributed by atoms with van der Waals surface area (Å²) in [6, 6.07) is 14.1. The molecule has 2 aromatic carbocycles. The maximum absolute atomic E-state index is 13.0. The highest BCUT2D eigenvalue weighted by molar-refractivity contribution is 6.30. The molecule has 4 rings (SSSR count). The zero-order chi connectivity index (χ0) is 19.0. The van der Waals surface area contributed by atoms with Gasteiger partial charge >= 0.3 is 0 Å². The van der Waals surface area contributed by atoms with E-state index in [1.54, 1.807) is 50.6 Å².